The van der Waals surface area contributed by atoms with Gasteiger partial charge in [-0.25, -0.2) is 4.79 Å². The first-order valence-corrected chi connectivity index (χ1v) is 12.2. The van der Waals surface area contributed by atoms with Crippen molar-refractivity contribution in [2.45, 2.75) is 65.8 Å². The molecule has 0 saturated heterocycles. The molecule has 0 aliphatic rings. The SMILES string of the molecule is C/C=C\C(=O)N(C=O)CCCCCC(=O)NC(C=O)C(C)C.CCCNC(N)=O.CNCC(=O)P. The van der Waals surface area contributed by atoms with Crippen LogP contribution >= 0.6 is 9.24 Å². The zero-order valence-corrected chi connectivity index (χ0v) is 22.8. The van der Waals surface area contributed by atoms with Crippen molar-refractivity contribution in [3.8, 4) is 0 Å². The van der Waals surface area contributed by atoms with Gasteiger partial charge >= 0.3 is 6.03 Å². The van der Waals surface area contributed by atoms with Crippen LogP contribution in [0, 0.1) is 5.92 Å². The molecule has 5 N–H and O–H groups in total. The van der Waals surface area contributed by atoms with Gasteiger partial charge in [0.1, 0.15) is 6.29 Å². The largest absolute Gasteiger partial charge is 0.352 e. The number of carbonyl (C=O) groups excluding carboxylic acids is 6. The number of carbonyl (C=O) groups is 6. The van der Waals surface area contributed by atoms with Crippen LogP contribution in [0.4, 0.5) is 4.79 Å². The molecular weight excluding hydrogens is 473 g/mol. The van der Waals surface area contributed by atoms with Crippen molar-refractivity contribution in [1.29, 1.82) is 0 Å². The maximum absolute atomic E-state index is 11.7. The Morgan fingerprint density at radius 2 is 1.71 bits per heavy atom. The third-order valence-corrected chi connectivity index (χ3v) is 4.32. The lowest BCUT2D eigenvalue weighted by Gasteiger charge is -2.16. The van der Waals surface area contributed by atoms with Gasteiger partial charge in [-0.15, -0.1) is 0 Å². The van der Waals surface area contributed by atoms with Crippen LogP contribution in [0.1, 0.15) is 59.8 Å². The lowest BCUT2D eigenvalue weighted by atomic mass is 10.1. The Kier molecular flexibility index (Phi) is 27.4. The van der Waals surface area contributed by atoms with Crippen LogP contribution in [0.15, 0.2) is 12.2 Å². The van der Waals surface area contributed by atoms with Crippen LogP contribution in [-0.2, 0) is 24.0 Å². The summed E-state index contributed by atoms with van der Waals surface area (Å²) in [5.41, 5.74) is 4.82. The van der Waals surface area contributed by atoms with E-state index in [-0.39, 0.29) is 23.3 Å². The van der Waals surface area contributed by atoms with Crippen molar-refractivity contribution < 1.29 is 28.8 Å². The zero-order valence-electron chi connectivity index (χ0n) is 21.7. The molecule has 2 atom stereocenters. The van der Waals surface area contributed by atoms with Crippen LogP contribution < -0.4 is 21.7 Å². The summed E-state index contributed by atoms with van der Waals surface area (Å²) in [5, 5.41) is 7.81. The molecule has 0 bridgehead atoms. The molecule has 0 radical (unpaired) electrons. The predicted molar refractivity (Wildman–Crippen MR) is 140 cm³/mol. The Labute approximate surface area is 211 Å². The summed E-state index contributed by atoms with van der Waals surface area (Å²) in [5.74, 6) is -0.413. The number of likely N-dealkylation sites (N-methyl/N-ethyl adjacent to an activating group) is 1. The third kappa shape index (κ3) is 27.5. The quantitative estimate of drug-likeness (QED) is 0.109. The molecule has 11 nitrogen and oxygen atoms in total. The average Bonchev–Trinajstić information content (AvgIpc) is 2.79. The second kappa shape index (κ2) is 26.0. The number of aldehydes is 1. The monoisotopic (exact) mass is 517 g/mol. The number of nitrogens with zero attached hydrogens (tertiary/aromatic N) is 1. The Bertz CT molecular complexity index is 658. The molecule has 2 unspecified atom stereocenters. The molecule has 5 amide bonds. The molecule has 0 spiro atoms. The highest BCUT2D eigenvalue weighted by Crippen LogP contribution is 2.04. The van der Waals surface area contributed by atoms with E-state index in [9.17, 15) is 28.8 Å². The fraction of sp³-hybridized carbons (Fsp3) is 0.652. The summed E-state index contributed by atoms with van der Waals surface area (Å²) in [7, 11) is 3.82. The Morgan fingerprint density at radius 3 is 2.06 bits per heavy atom. The van der Waals surface area contributed by atoms with Crippen LogP contribution in [0.25, 0.3) is 0 Å². The molecule has 0 heterocycles. The fourth-order valence-corrected chi connectivity index (χ4v) is 2.44. The number of hydrogen-bond acceptors (Lipinski definition) is 7. The smallest absolute Gasteiger partial charge is 0.312 e. The van der Waals surface area contributed by atoms with Crippen LogP contribution in [-0.4, -0.2) is 73.7 Å². The second-order valence-electron chi connectivity index (χ2n) is 7.71. The first-order valence-electron chi connectivity index (χ1n) is 11.6. The molecule has 0 aliphatic heterocycles. The lowest BCUT2D eigenvalue weighted by Crippen LogP contribution is -2.39. The van der Waals surface area contributed by atoms with Gasteiger partial charge < -0.3 is 26.5 Å². The average molecular weight is 518 g/mol. The highest BCUT2D eigenvalue weighted by atomic mass is 31.0. The van der Waals surface area contributed by atoms with Gasteiger partial charge in [-0.05, 0) is 45.2 Å². The van der Waals surface area contributed by atoms with Crippen molar-refractivity contribution in [1.82, 2.24) is 20.9 Å². The molecule has 0 aliphatic carbocycles. The van der Waals surface area contributed by atoms with E-state index in [2.05, 4.69) is 25.2 Å². The second-order valence-corrected chi connectivity index (χ2v) is 8.35. The topological polar surface area (TPSA) is 168 Å². The molecule has 0 aromatic carbocycles. The van der Waals surface area contributed by atoms with E-state index in [1.54, 1.807) is 20.0 Å². The summed E-state index contributed by atoms with van der Waals surface area (Å²) in [6.07, 6.45) is 7.49. The number of urea groups is 1. The molecule has 0 saturated carbocycles. The first-order chi connectivity index (χ1) is 16.5. The molecule has 0 aromatic heterocycles. The van der Waals surface area contributed by atoms with Gasteiger partial charge in [-0.1, -0.05) is 42.5 Å². The summed E-state index contributed by atoms with van der Waals surface area (Å²) >= 11 is 0. The zero-order chi connectivity index (χ0) is 27.6. The van der Waals surface area contributed by atoms with Gasteiger partial charge in [0.05, 0.1) is 12.6 Å². The minimum atomic E-state index is -0.448. The minimum absolute atomic E-state index is 0.0697. The minimum Gasteiger partial charge on any atom is -0.352 e. The number of nitrogens with two attached hydrogens (primary N) is 1. The molecule has 12 heteroatoms. The maximum Gasteiger partial charge on any atom is 0.312 e. The van der Waals surface area contributed by atoms with Gasteiger partial charge in [0.15, 0.2) is 5.52 Å². The van der Waals surface area contributed by atoms with Crippen molar-refractivity contribution in [2.75, 3.05) is 26.7 Å². The van der Waals surface area contributed by atoms with Crippen molar-refractivity contribution >= 4 is 45.3 Å². The van der Waals surface area contributed by atoms with Gasteiger partial charge in [-0.2, -0.15) is 0 Å². The summed E-state index contributed by atoms with van der Waals surface area (Å²) in [6, 6.07) is -0.890. The number of imide groups is 1. The predicted octanol–water partition coefficient (Wildman–Crippen LogP) is 1.12. The normalized spacial score (nSPS) is 10.7. The van der Waals surface area contributed by atoms with E-state index in [0.29, 0.717) is 45.3 Å². The Hall–Kier alpha value is -2.65. The molecule has 35 heavy (non-hydrogen) atoms. The highest BCUT2D eigenvalue weighted by molar-refractivity contribution is 7.40. The fourth-order valence-electron chi connectivity index (χ4n) is 2.24. The van der Waals surface area contributed by atoms with Gasteiger partial charge in [0, 0.05) is 19.5 Å². The van der Waals surface area contributed by atoms with E-state index in [1.165, 1.54) is 6.08 Å². The van der Waals surface area contributed by atoms with E-state index < -0.39 is 12.1 Å². The number of nitrogens with one attached hydrogen (secondary N) is 3. The van der Waals surface area contributed by atoms with Crippen molar-refractivity contribution in [3.05, 3.63) is 12.2 Å². The number of hydrogen-bond donors (Lipinski definition) is 4. The van der Waals surface area contributed by atoms with E-state index in [0.717, 1.165) is 24.0 Å². The number of unbranched alkanes of at least 4 members (excludes halogenated alkanes) is 2. The Balaban J connectivity index is -0.000000641. The Morgan fingerprint density at radius 1 is 1.09 bits per heavy atom. The van der Waals surface area contributed by atoms with E-state index in [4.69, 9.17) is 5.73 Å². The van der Waals surface area contributed by atoms with Gasteiger partial charge in [-0.3, -0.25) is 24.1 Å². The standard InChI is InChI=1S/C16H26N2O4.C4H10N2O.C3H8NOP/c1-4-8-16(22)18(12-20)10-7-5-6-9-15(21)17-14(11-19)13(2)3;1-2-3-6-4(5)7;1-4-2-3(5)6/h4,8,11-14H,5-7,9-10H2,1-3H3,(H,17,21);2-3H2,1H3,(H3,5,6,7);4H,2,6H2,1H3/b8-4-;;. The van der Waals surface area contributed by atoms with E-state index >= 15 is 0 Å². The number of amides is 5. The number of primary amides is 1. The van der Waals surface area contributed by atoms with Crippen molar-refractivity contribution in [3.63, 3.8) is 0 Å². The van der Waals surface area contributed by atoms with Crippen molar-refractivity contribution in [2.24, 2.45) is 11.7 Å². The molecule has 0 rings (SSSR count). The molecule has 0 aromatic rings. The molecule has 202 valence electrons. The third-order valence-electron chi connectivity index (χ3n) is 4.12. The lowest BCUT2D eigenvalue weighted by molar-refractivity contribution is -0.134. The summed E-state index contributed by atoms with van der Waals surface area (Å²) in [6.45, 7) is 8.89. The first kappa shape index (κ1) is 36.9. The van der Waals surface area contributed by atoms with Gasteiger partial charge in [0.2, 0.25) is 12.3 Å². The molecular formula is C23H44N5O6P. The molecule has 0 fully saturated rings. The van der Waals surface area contributed by atoms with Crippen LogP contribution in [0.5, 0.6) is 0 Å². The maximum atomic E-state index is 11.7. The van der Waals surface area contributed by atoms with E-state index in [1.807, 2.05) is 20.8 Å². The van der Waals surface area contributed by atoms with Gasteiger partial charge in [0.25, 0.3) is 5.91 Å². The summed E-state index contributed by atoms with van der Waals surface area (Å²) < 4.78 is 0. The van der Waals surface area contributed by atoms with Crippen LogP contribution in [0.2, 0.25) is 0 Å². The van der Waals surface area contributed by atoms with Crippen LogP contribution in [0.3, 0.4) is 0 Å². The highest BCUT2D eigenvalue weighted by Gasteiger charge is 2.14. The number of allylic oxidation sites excluding steroid dienone is 1. The summed E-state index contributed by atoms with van der Waals surface area (Å²) in [4.78, 5) is 65.6. The number of rotatable bonds is 15.